The van der Waals surface area contributed by atoms with Crippen molar-refractivity contribution >= 4 is 5.97 Å². The highest BCUT2D eigenvalue weighted by atomic mass is 16.8. The molecule has 11 aliphatic rings. The van der Waals surface area contributed by atoms with E-state index in [1.807, 2.05) is 6.92 Å². The van der Waals surface area contributed by atoms with Gasteiger partial charge >= 0.3 is 5.97 Å². The molecule has 2 N–H and O–H groups in total. The molecule has 4 unspecified atom stereocenters. The summed E-state index contributed by atoms with van der Waals surface area (Å²) in [4.78, 5) is 14.0. The van der Waals surface area contributed by atoms with E-state index in [-0.39, 0.29) is 98.0 Å². The zero-order chi connectivity index (χ0) is 37.7. The van der Waals surface area contributed by atoms with E-state index in [9.17, 15) is 15.0 Å². The summed E-state index contributed by atoms with van der Waals surface area (Å²) in [5.74, 6) is -1.18. The van der Waals surface area contributed by atoms with E-state index in [1.165, 1.54) is 0 Å². The number of carbonyl (C=O) groups excluding carboxylic acids is 1. The summed E-state index contributed by atoms with van der Waals surface area (Å²) in [6.07, 6.45) is 2.38. The minimum atomic E-state index is -0.808. The van der Waals surface area contributed by atoms with Crippen molar-refractivity contribution in [3.8, 4) is 0 Å². The standard InChI is InChI=1S/C42H60O13/c1-19-13-23-5-7-27-20(2)14-25(46-27)9-11-42-18-33-38(54-42)39-40(52-33)41(55-42)37-29(51-39)8-6-24(48-37)15-34(45)53-36-22(4)35-31(16-26(44)28(50-35)10-12-43)49-32(36)17-30(47-23)21(19)3/h19,22-33,35-41,43-44H,2-3,5-18H2,1,4H3/t19-,22+,23?,24-,25?,26-,27+,28-,29+,30-,31+,32?,33-,35+,36?,37+,38+,39+,40-,41+,42+/m1/s1. The highest BCUT2D eigenvalue weighted by Gasteiger charge is 2.69. The molecule has 0 aromatic carbocycles. The fraction of sp³-hybridized carbons (Fsp3) is 0.881. The third kappa shape index (κ3) is 6.79. The topological polar surface area (TPSA) is 150 Å². The largest absolute Gasteiger partial charge is 0.459 e. The van der Waals surface area contributed by atoms with Crippen LogP contribution in [0.1, 0.15) is 97.3 Å². The molecule has 13 nitrogen and oxygen atoms in total. The van der Waals surface area contributed by atoms with E-state index in [0.717, 1.165) is 49.7 Å². The number of esters is 1. The Balaban J connectivity index is 0.934. The van der Waals surface area contributed by atoms with Crippen LogP contribution in [0.2, 0.25) is 0 Å². The fourth-order valence-corrected chi connectivity index (χ4v) is 11.9. The van der Waals surface area contributed by atoms with Gasteiger partial charge in [0.2, 0.25) is 0 Å². The molecule has 12 bridgehead atoms. The second-order valence-corrected chi connectivity index (χ2v) is 18.5. The van der Waals surface area contributed by atoms with Crippen molar-refractivity contribution in [3.05, 3.63) is 24.3 Å². The molecule has 1 spiro atoms. The van der Waals surface area contributed by atoms with Crippen LogP contribution in [0.25, 0.3) is 0 Å². The lowest BCUT2D eigenvalue weighted by Gasteiger charge is -2.51. The monoisotopic (exact) mass is 772 g/mol. The zero-order valence-electron chi connectivity index (χ0n) is 32.2. The van der Waals surface area contributed by atoms with E-state index < -0.39 is 48.5 Å². The van der Waals surface area contributed by atoms with Crippen molar-refractivity contribution in [1.82, 2.24) is 0 Å². The predicted octanol–water partition coefficient (Wildman–Crippen LogP) is 3.59. The minimum Gasteiger partial charge on any atom is -0.459 e. The lowest BCUT2D eigenvalue weighted by molar-refractivity contribution is -0.293. The lowest BCUT2D eigenvalue weighted by Crippen LogP contribution is -2.62. The van der Waals surface area contributed by atoms with Gasteiger partial charge in [-0.05, 0) is 68.4 Å². The highest BCUT2D eigenvalue weighted by Crippen LogP contribution is 2.54. The van der Waals surface area contributed by atoms with Gasteiger partial charge in [0.25, 0.3) is 0 Å². The van der Waals surface area contributed by atoms with Crippen LogP contribution in [0.4, 0.5) is 0 Å². The highest BCUT2D eigenvalue weighted by molar-refractivity contribution is 5.70. The summed E-state index contributed by atoms with van der Waals surface area (Å²) >= 11 is 0. The summed E-state index contributed by atoms with van der Waals surface area (Å²) in [5.41, 5.74) is 2.14. The number of ether oxygens (including phenoxy) is 10. The molecule has 0 aromatic heterocycles. The van der Waals surface area contributed by atoms with E-state index in [4.69, 9.17) is 47.4 Å². The molecule has 11 saturated heterocycles. The molecule has 11 aliphatic heterocycles. The SMILES string of the molecule is C=C1CC2CC[C@@]34C[C@H]5O[C@H]6[C@@H](O3)[C@H]3O[C@H](CC[C@@H]3O[C@H]6[C@H]5O4)CC(=O)OC3C(C[C@H]4OC(CC[C@@H]1O2)C[C@@H](C)C4=C)O[C@H]1C[C@@H](O)[C@@H](CCO)O[C@H]1[C@@H]3C. The van der Waals surface area contributed by atoms with Crippen LogP contribution in [-0.2, 0) is 52.2 Å². The summed E-state index contributed by atoms with van der Waals surface area (Å²) < 4.78 is 66.9. The lowest BCUT2D eigenvalue weighted by atomic mass is 9.79. The molecule has 55 heavy (non-hydrogen) atoms. The Labute approximate surface area is 323 Å². The Kier molecular flexibility index (Phi) is 10.1. The quantitative estimate of drug-likeness (QED) is 0.312. The first-order valence-electron chi connectivity index (χ1n) is 21.3. The number of fused-ring (bicyclic) bond motifs is 7. The molecule has 0 radical (unpaired) electrons. The van der Waals surface area contributed by atoms with Gasteiger partial charge in [-0.25, -0.2) is 0 Å². The molecule has 0 aromatic rings. The number of hydrogen-bond donors (Lipinski definition) is 2. The summed E-state index contributed by atoms with van der Waals surface area (Å²) in [5, 5.41) is 20.6. The van der Waals surface area contributed by atoms with E-state index in [0.29, 0.717) is 38.5 Å². The third-order valence-electron chi connectivity index (χ3n) is 14.8. The van der Waals surface area contributed by atoms with Crippen LogP contribution >= 0.6 is 0 Å². The Morgan fingerprint density at radius 3 is 2.27 bits per heavy atom. The summed E-state index contributed by atoms with van der Waals surface area (Å²) in [6, 6.07) is 0. The van der Waals surface area contributed by atoms with E-state index >= 15 is 0 Å². The first-order chi connectivity index (χ1) is 26.5. The van der Waals surface area contributed by atoms with Crippen molar-refractivity contribution < 1.29 is 62.4 Å². The Bertz CT molecular complexity index is 1490. The maximum Gasteiger partial charge on any atom is 0.308 e. The van der Waals surface area contributed by atoms with Crippen molar-refractivity contribution in [2.75, 3.05) is 6.61 Å². The van der Waals surface area contributed by atoms with Gasteiger partial charge in [-0.1, -0.05) is 27.0 Å². The smallest absolute Gasteiger partial charge is 0.308 e. The normalized spacial score (nSPS) is 54.9. The molecule has 11 rings (SSSR count). The summed E-state index contributed by atoms with van der Waals surface area (Å²) in [7, 11) is 0. The van der Waals surface area contributed by atoms with Crippen molar-refractivity contribution in [3.63, 3.8) is 0 Å². The molecule has 13 heteroatoms. The molecule has 11 heterocycles. The van der Waals surface area contributed by atoms with Crippen LogP contribution in [0.5, 0.6) is 0 Å². The average Bonchev–Trinajstić information content (AvgIpc) is 3.74. The Hall–Kier alpha value is -1.49. The second kappa shape index (κ2) is 14.7. The van der Waals surface area contributed by atoms with Gasteiger partial charge in [-0.15, -0.1) is 0 Å². The molecule has 306 valence electrons. The Morgan fingerprint density at radius 1 is 0.673 bits per heavy atom. The van der Waals surface area contributed by atoms with E-state index in [1.54, 1.807) is 0 Å². The predicted molar refractivity (Wildman–Crippen MR) is 193 cm³/mol. The first kappa shape index (κ1) is 37.8. The number of aliphatic hydroxyl groups excluding tert-OH is 2. The summed E-state index contributed by atoms with van der Waals surface area (Å²) in [6.45, 7) is 13.1. The molecular weight excluding hydrogens is 712 g/mol. The number of hydrogen-bond acceptors (Lipinski definition) is 13. The van der Waals surface area contributed by atoms with Crippen molar-refractivity contribution in [1.29, 1.82) is 0 Å². The van der Waals surface area contributed by atoms with Crippen molar-refractivity contribution in [2.45, 2.75) is 213 Å². The van der Waals surface area contributed by atoms with Gasteiger partial charge in [0.1, 0.15) is 36.6 Å². The molecular formula is C42H60O13. The minimum absolute atomic E-state index is 0.00281. The molecule has 21 atom stereocenters. The number of rotatable bonds is 2. The van der Waals surface area contributed by atoms with Gasteiger partial charge in [0.15, 0.2) is 5.79 Å². The van der Waals surface area contributed by atoms with Gasteiger partial charge in [0.05, 0.1) is 79.7 Å². The molecule has 0 aliphatic carbocycles. The van der Waals surface area contributed by atoms with Gasteiger partial charge in [-0.3, -0.25) is 4.79 Å². The fourth-order valence-electron chi connectivity index (χ4n) is 11.9. The van der Waals surface area contributed by atoms with Gasteiger partial charge in [-0.2, -0.15) is 0 Å². The average molecular weight is 773 g/mol. The molecule has 0 amide bonds. The zero-order valence-corrected chi connectivity index (χ0v) is 32.2. The van der Waals surface area contributed by atoms with Crippen molar-refractivity contribution in [2.24, 2.45) is 11.8 Å². The first-order valence-corrected chi connectivity index (χ1v) is 21.3. The second-order valence-electron chi connectivity index (χ2n) is 18.5. The third-order valence-corrected chi connectivity index (χ3v) is 14.8. The molecule has 0 saturated carbocycles. The number of carbonyl (C=O) groups is 1. The Morgan fingerprint density at radius 2 is 1.42 bits per heavy atom. The van der Waals surface area contributed by atoms with E-state index in [2.05, 4.69) is 20.1 Å². The van der Waals surface area contributed by atoms with Gasteiger partial charge in [0, 0.05) is 38.2 Å². The maximum absolute atomic E-state index is 14.0. The van der Waals surface area contributed by atoms with Crippen LogP contribution in [-0.4, -0.2) is 138 Å². The molecule has 11 fully saturated rings. The van der Waals surface area contributed by atoms with Crippen LogP contribution in [0.3, 0.4) is 0 Å². The number of aliphatic hydroxyl groups is 2. The van der Waals surface area contributed by atoms with Crippen LogP contribution < -0.4 is 0 Å². The maximum atomic E-state index is 14.0. The van der Waals surface area contributed by atoms with Crippen LogP contribution in [0, 0.1) is 11.8 Å². The van der Waals surface area contributed by atoms with Gasteiger partial charge < -0.3 is 57.6 Å². The van der Waals surface area contributed by atoms with Crippen LogP contribution in [0.15, 0.2) is 24.3 Å².